The van der Waals surface area contributed by atoms with Gasteiger partial charge in [0.2, 0.25) is 11.8 Å². The molecule has 0 aromatic carbocycles. The van der Waals surface area contributed by atoms with Gasteiger partial charge in [0.05, 0.1) is 19.0 Å². The molecule has 9 nitrogen and oxygen atoms in total. The Labute approximate surface area is 216 Å². The van der Waals surface area contributed by atoms with E-state index in [1.807, 2.05) is 0 Å². The first kappa shape index (κ1) is 26.4. The molecule has 5 rings (SSSR count). The summed E-state index contributed by atoms with van der Waals surface area (Å²) in [7, 11) is 2.85. The maximum atomic E-state index is 14.3. The van der Waals surface area contributed by atoms with E-state index in [-0.39, 0.29) is 66.0 Å². The molecule has 2 N–H and O–H groups in total. The molecule has 2 saturated heterocycles. The van der Waals surface area contributed by atoms with Gasteiger partial charge in [0, 0.05) is 42.2 Å². The number of likely N-dealkylation sites (tertiary alicyclic amines) is 2. The SMILES string of the molecule is COc1cc(-c2cc(C(=O)N3CCC(C(=O)N[C@H]4CC[C@@H](C(F)(F)F)N(C)C4)CC34CC4)[nH]n2)c(F)cn1. The van der Waals surface area contributed by atoms with Crippen LogP contribution in [0.15, 0.2) is 18.3 Å². The maximum absolute atomic E-state index is 14.3. The van der Waals surface area contributed by atoms with E-state index in [4.69, 9.17) is 4.74 Å². The Balaban J connectivity index is 1.21. The van der Waals surface area contributed by atoms with Crippen molar-refractivity contribution in [3.63, 3.8) is 0 Å². The Morgan fingerprint density at radius 2 is 1.97 bits per heavy atom. The van der Waals surface area contributed by atoms with Gasteiger partial charge in [-0.05, 0) is 51.6 Å². The Morgan fingerprint density at radius 1 is 1.21 bits per heavy atom. The standard InChI is InChI=1S/C25H30F4N6O3/c1-34-13-15(3-4-20(34)25(27,28)29)31-22(36)14-5-8-35(24(11-14)6-7-24)23(37)19-10-18(32-33-19)16-9-21(38-2)30-12-17(16)26/h9-10,12,14-15,20H,3-8,11,13H2,1-2H3,(H,31,36)(H,32,33)/t14?,15-,20-/m0/s1. The zero-order valence-electron chi connectivity index (χ0n) is 21.1. The molecule has 4 heterocycles. The van der Waals surface area contributed by atoms with Crippen molar-refractivity contribution in [2.45, 2.75) is 62.3 Å². The number of pyridine rings is 1. The Bertz CT molecular complexity index is 1210. The number of alkyl halides is 3. The second-order valence-corrected chi connectivity index (χ2v) is 10.5. The number of carbonyl (C=O) groups excluding carboxylic acids is 2. The molecule has 2 aromatic heterocycles. The molecule has 0 bridgehead atoms. The van der Waals surface area contributed by atoms with Gasteiger partial charge in [0.15, 0.2) is 5.82 Å². The second-order valence-electron chi connectivity index (χ2n) is 10.5. The van der Waals surface area contributed by atoms with Crippen molar-refractivity contribution in [3.8, 4) is 17.1 Å². The molecule has 1 aliphatic carbocycles. The van der Waals surface area contributed by atoms with Crippen LogP contribution in [-0.2, 0) is 4.79 Å². The predicted octanol–water partition coefficient (Wildman–Crippen LogP) is 3.15. The smallest absolute Gasteiger partial charge is 0.404 e. The van der Waals surface area contributed by atoms with E-state index in [1.54, 1.807) is 4.90 Å². The Morgan fingerprint density at radius 3 is 2.63 bits per heavy atom. The lowest BCUT2D eigenvalue weighted by atomic mass is 9.87. The largest absolute Gasteiger partial charge is 0.481 e. The number of halogens is 4. The molecule has 0 radical (unpaired) electrons. The molecule has 38 heavy (non-hydrogen) atoms. The average Bonchev–Trinajstić information content (AvgIpc) is 3.44. The lowest BCUT2D eigenvalue weighted by molar-refractivity contribution is -0.188. The van der Waals surface area contributed by atoms with Crippen molar-refractivity contribution >= 4 is 11.8 Å². The summed E-state index contributed by atoms with van der Waals surface area (Å²) in [5.41, 5.74) is 0.182. The predicted molar refractivity (Wildman–Crippen MR) is 128 cm³/mol. The number of nitrogens with one attached hydrogen (secondary N) is 2. The van der Waals surface area contributed by atoms with Gasteiger partial charge in [-0.15, -0.1) is 0 Å². The number of nitrogens with zero attached hydrogens (tertiary/aromatic N) is 4. The molecule has 1 spiro atoms. The van der Waals surface area contributed by atoms with Crippen LogP contribution < -0.4 is 10.1 Å². The van der Waals surface area contributed by atoms with E-state index >= 15 is 0 Å². The molecule has 3 fully saturated rings. The first-order valence-electron chi connectivity index (χ1n) is 12.7. The third-order valence-electron chi connectivity index (χ3n) is 8.02. The number of piperidine rings is 2. The van der Waals surface area contributed by atoms with Crippen molar-refractivity contribution < 1.29 is 31.9 Å². The molecule has 2 aromatic rings. The van der Waals surface area contributed by atoms with Gasteiger partial charge < -0.3 is 15.0 Å². The number of aromatic amines is 1. The van der Waals surface area contributed by atoms with E-state index in [9.17, 15) is 27.2 Å². The highest BCUT2D eigenvalue weighted by Gasteiger charge is 2.55. The van der Waals surface area contributed by atoms with Crippen LogP contribution in [0, 0.1) is 11.7 Å². The van der Waals surface area contributed by atoms with Crippen molar-refractivity contribution in [1.82, 2.24) is 30.3 Å². The van der Waals surface area contributed by atoms with Crippen LogP contribution in [0.25, 0.3) is 11.3 Å². The normalized spacial score (nSPS) is 25.3. The minimum absolute atomic E-state index is 0.0514. The summed E-state index contributed by atoms with van der Waals surface area (Å²) in [6.07, 6.45) is -0.563. The molecule has 2 aliphatic heterocycles. The van der Waals surface area contributed by atoms with Crippen molar-refractivity contribution in [3.05, 3.63) is 29.8 Å². The van der Waals surface area contributed by atoms with Crippen LogP contribution >= 0.6 is 0 Å². The first-order valence-corrected chi connectivity index (χ1v) is 12.7. The minimum Gasteiger partial charge on any atom is -0.481 e. The summed E-state index contributed by atoms with van der Waals surface area (Å²) in [6.45, 7) is 0.508. The van der Waals surface area contributed by atoms with Crippen molar-refractivity contribution in [2.24, 2.45) is 5.92 Å². The van der Waals surface area contributed by atoms with Crippen LogP contribution in [0.1, 0.15) is 49.0 Å². The summed E-state index contributed by atoms with van der Waals surface area (Å²) < 4.78 is 58.8. The summed E-state index contributed by atoms with van der Waals surface area (Å²) >= 11 is 0. The van der Waals surface area contributed by atoms with E-state index in [0.29, 0.717) is 19.4 Å². The van der Waals surface area contributed by atoms with E-state index in [2.05, 4.69) is 20.5 Å². The van der Waals surface area contributed by atoms with Crippen molar-refractivity contribution in [1.29, 1.82) is 0 Å². The molecule has 1 unspecified atom stereocenters. The lowest BCUT2D eigenvalue weighted by Gasteiger charge is -2.41. The van der Waals surface area contributed by atoms with Gasteiger partial charge in [0.1, 0.15) is 11.7 Å². The number of amides is 2. The van der Waals surface area contributed by atoms with Crippen LogP contribution in [0.3, 0.4) is 0 Å². The van der Waals surface area contributed by atoms with E-state index in [1.165, 1.54) is 31.2 Å². The van der Waals surface area contributed by atoms with Crippen LogP contribution in [0.4, 0.5) is 17.6 Å². The highest BCUT2D eigenvalue weighted by atomic mass is 19.4. The number of H-pyrrole nitrogens is 1. The monoisotopic (exact) mass is 538 g/mol. The fourth-order valence-corrected chi connectivity index (χ4v) is 5.79. The zero-order valence-corrected chi connectivity index (χ0v) is 21.1. The summed E-state index contributed by atoms with van der Waals surface area (Å²) in [6, 6.07) is 1.07. The Hall–Kier alpha value is -3.22. The summed E-state index contributed by atoms with van der Waals surface area (Å²) in [5.74, 6) is -1.14. The van der Waals surface area contributed by atoms with Crippen LogP contribution in [0.5, 0.6) is 5.88 Å². The molecule has 13 heteroatoms. The van der Waals surface area contributed by atoms with E-state index in [0.717, 1.165) is 19.0 Å². The van der Waals surface area contributed by atoms with Crippen LogP contribution in [0.2, 0.25) is 0 Å². The molecule has 3 atom stereocenters. The molecule has 1 saturated carbocycles. The fraction of sp³-hybridized carbons (Fsp3) is 0.600. The summed E-state index contributed by atoms with van der Waals surface area (Å²) in [5, 5.41) is 9.76. The van der Waals surface area contributed by atoms with Gasteiger partial charge >= 0.3 is 6.18 Å². The number of methoxy groups -OCH3 is 1. The highest BCUT2D eigenvalue weighted by Crippen LogP contribution is 2.50. The maximum Gasteiger partial charge on any atom is 0.404 e. The number of rotatable bonds is 5. The number of likely N-dealkylation sites (N-methyl/N-ethyl adjacent to an activating group) is 1. The number of ether oxygens (including phenoxy) is 1. The fourth-order valence-electron chi connectivity index (χ4n) is 5.79. The van der Waals surface area contributed by atoms with Gasteiger partial charge in [0.25, 0.3) is 5.91 Å². The van der Waals surface area contributed by atoms with Gasteiger partial charge in [-0.3, -0.25) is 19.6 Å². The highest BCUT2D eigenvalue weighted by molar-refractivity contribution is 5.94. The number of hydrogen-bond donors (Lipinski definition) is 2. The van der Waals surface area contributed by atoms with Gasteiger partial charge in [-0.25, -0.2) is 9.37 Å². The topological polar surface area (TPSA) is 103 Å². The van der Waals surface area contributed by atoms with Crippen LogP contribution in [-0.4, -0.2) is 87.8 Å². The average molecular weight is 539 g/mol. The zero-order chi connectivity index (χ0) is 27.2. The first-order chi connectivity index (χ1) is 18.0. The molecule has 206 valence electrons. The summed E-state index contributed by atoms with van der Waals surface area (Å²) in [4.78, 5) is 33.2. The van der Waals surface area contributed by atoms with Gasteiger partial charge in [-0.2, -0.15) is 18.3 Å². The number of hydrogen-bond acceptors (Lipinski definition) is 6. The Kier molecular flexibility index (Phi) is 6.82. The third-order valence-corrected chi connectivity index (χ3v) is 8.02. The molecular formula is C25H30F4N6O3. The molecular weight excluding hydrogens is 508 g/mol. The second kappa shape index (κ2) is 9.83. The number of aromatic nitrogens is 3. The minimum atomic E-state index is -4.28. The van der Waals surface area contributed by atoms with E-state index < -0.39 is 23.6 Å². The lowest BCUT2D eigenvalue weighted by Crippen LogP contribution is -2.56. The third kappa shape index (κ3) is 5.07. The number of carbonyl (C=O) groups is 2. The molecule has 2 amide bonds. The van der Waals surface area contributed by atoms with Gasteiger partial charge in [-0.1, -0.05) is 0 Å². The van der Waals surface area contributed by atoms with Crippen molar-refractivity contribution in [2.75, 3.05) is 27.2 Å². The quantitative estimate of drug-likeness (QED) is 0.567. The molecule has 3 aliphatic rings.